The van der Waals surface area contributed by atoms with Crippen LogP contribution in [-0.4, -0.2) is 17.5 Å². The molecule has 21 heavy (non-hydrogen) atoms. The van der Waals surface area contributed by atoms with Gasteiger partial charge in [-0.15, -0.1) is 0 Å². The summed E-state index contributed by atoms with van der Waals surface area (Å²) >= 11 is 3.36. The lowest BCUT2D eigenvalue weighted by Crippen LogP contribution is -2.28. The minimum absolute atomic E-state index is 0.185. The van der Waals surface area contributed by atoms with Gasteiger partial charge < -0.3 is 14.8 Å². The average molecular weight is 348 g/mol. The number of nitrogens with one attached hydrogen (secondary N) is 1. The highest BCUT2D eigenvalue weighted by Crippen LogP contribution is 2.31. The van der Waals surface area contributed by atoms with Crippen LogP contribution in [0.2, 0.25) is 0 Å². The third kappa shape index (κ3) is 3.19. The van der Waals surface area contributed by atoms with Crippen LogP contribution in [0.4, 0.5) is 0 Å². The van der Waals surface area contributed by atoms with Crippen LogP contribution in [0.15, 0.2) is 48.5 Å². The Balaban J connectivity index is 1.86. The van der Waals surface area contributed by atoms with Crippen molar-refractivity contribution in [2.45, 2.75) is 11.6 Å². The Kier molecular flexibility index (Phi) is 4.10. The van der Waals surface area contributed by atoms with Gasteiger partial charge in [-0.05, 0) is 33.6 Å². The topological polar surface area (TPSA) is 47.6 Å². The second kappa shape index (κ2) is 6.18. The van der Waals surface area contributed by atoms with Crippen molar-refractivity contribution in [3.8, 4) is 11.5 Å². The number of fused-ring (bicyclic) bond motifs is 1. The molecule has 1 aliphatic heterocycles. The molecule has 0 saturated carbocycles. The van der Waals surface area contributed by atoms with E-state index in [1.165, 1.54) is 0 Å². The monoisotopic (exact) mass is 347 g/mol. The summed E-state index contributed by atoms with van der Waals surface area (Å²) in [4.78, 5) is 12.2. The van der Waals surface area contributed by atoms with Crippen LogP contribution in [0.5, 0.6) is 11.5 Å². The zero-order valence-electron chi connectivity index (χ0n) is 11.2. The standard InChI is InChI=1S/C16H14BrNO3/c17-14-9-18-16(19)15-12(7-4-8-13(15)21-14)20-10-11-5-2-1-3-6-11/h1-8,14H,9-10H2,(H,18,19). The predicted molar refractivity (Wildman–Crippen MR) is 82.9 cm³/mol. The molecule has 0 aromatic heterocycles. The molecule has 4 nitrogen and oxygen atoms in total. The Bertz CT molecular complexity index is 645. The summed E-state index contributed by atoms with van der Waals surface area (Å²) in [5, 5.41) is 2.55. The van der Waals surface area contributed by atoms with Gasteiger partial charge in [0.15, 0.2) is 5.01 Å². The van der Waals surface area contributed by atoms with Crippen molar-refractivity contribution in [1.29, 1.82) is 0 Å². The molecular formula is C16H14BrNO3. The number of carbonyl (C=O) groups is 1. The fraction of sp³-hybridized carbons (Fsp3) is 0.188. The number of hydrogen-bond acceptors (Lipinski definition) is 3. The van der Waals surface area contributed by atoms with Crippen LogP contribution >= 0.6 is 15.9 Å². The number of rotatable bonds is 3. The first-order chi connectivity index (χ1) is 10.2. The summed E-state index contributed by atoms with van der Waals surface area (Å²) in [7, 11) is 0. The van der Waals surface area contributed by atoms with Gasteiger partial charge in [0, 0.05) is 0 Å². The predicted octanol–water partition coefficient (Wildman–Crippen LogP) is 3.11. The van der Waals surface area contributed by atoms with Gasteiger partial charge in [0.25, 0.3) is 5.91 Å². The molecule has 1 unspecified atom stereocenters. The molecule has 2 aromatic rings. The lowest BCUT2D eigenvalue weighted by atomic mass is 10.1. The van der Waals surface area contributed by atoms with E-state index >= 15 is 0 Å². The zero-order valence-corrected chi connectivity index (χ0v) is 12.8. The molecule has 0 bridgehead atoms. The van der Waals surface area contributed by atoms with Gasteiger partial charge in [0.05, 0.1) is 6.54 Å². The fourth-order valence-corrected chi connectivity index (χ4v) is 2.49. The summed E-state index contributed by atoms with van der Waals surface area (Å²) < 4.78 is 11.5. The molecular weight excluding hydrogens is 334 g/mol. The molecule has 3 rings (SSSR count). The van der Waals surface area contributed by atoms with Crippen LogP contribution in [0, 0.1) is 0 Å². The van der Waals surface area contributed by atoms with E-state index in [2.05, 4.69) is 21.2 Å². The Morgan fingerprint density at radius 1 is 1.19 bits per heavy atom. The number of carbonyl (C=O) groups excluding carboxylic acids is 1. The third-order valence-corrected chi connectivity index (χ3v) is 3.64. The first-order valence-electron chi connectivity index (χ1n) is 6.63. The third-order valence-electron chi connectivity index (χ3n) is 3.13. The average Bonchev–Trinajstić information content (AvgIpc) is 2.65. The van der Waals surface area contributed by atoms with E-state index in [1.54, 1.807) is 12.1 Å². The largest absolute Gasteiger partial charge is 0.488 e. The lowest BCUT2D eigenvalue weighted by molar-refractivity contribution is 0.0952. The zero-order chi connectivity index (χ0) is 14.7. The van der Waals surface area contributed by atoms with Crippen molar-refractivity contribution >= 4 is 21.8 Å². The number of halogens is 1. The normalized spacial score (nSPS) is 17.2. The van der Waals surface area contributed by atoms with Gasteiger partial charge in [-0.1, -0.05) is 36.4 Å². The van der Waals surface area contributed by atoms with Crippen molar-refractivity contribution in [1.82, 2.24) is 5.32 Å². The summed E-state index contributed by atoms with van der Waals surface area (Å²) in [5.41, 5.74) is 1.49. The fourth-order valence-electron chi connectivity index (χ4n) is 2.13. The highest BCUT2D eigenvalue weighted by molar-refractivity contribution is 9.09. The van der Waals surface area contributed by atoms with E-state index < -0.39 is 0 Å². The summed E-state index contributed by atoms with van der Waals surface area (Å²) in [6, 6.07) is 15.2. The van der Waals surface area contributed by atoms with Gasteiger partial charge in [-0.3, -0.25) is 4.79 Å². The van der Waals surface area contributed by atoms with Crippen molar-refractivity contribution in [2.75, 3.05) is 6.54 Å². The number of benzene rings is 2. The Labute approximate surface area is 131 Å². The van der Waals surface area contributed by atoms with Crippen LogP contribution in [0.3, 0.4) is 0 Å². The maximum atomic E-state index is 12.2. The first-order valence-corrected chi connectivity index (χ1v) is 7.54. The van der Waals surface area contributed by atoms with Crippen LogP contribution in [-0.2, 0) is 6.61 Å². The van der Waals surface area contributed by atoms with Crippen LogP contribution < -0.4 is 14.8 Å². The Morgan fingerprint density at radius 2 is 2.00 bits per heavy atom. The molecule has 0 saturated heterocycles. The van der Waals surface area contributed by atoms with Gasteiger partial charge in [0.2, 0.25) is 0 Å². The molecule has 2 aromatic carbocycles. The highest BCUT2D eigenvalue weighted by Gasteiger charge is 2.24. The molecule has 0 spiro atoms. The number of hydrogen-bond donors (Lipinski definition) is 1. The SMILES string of the molecule is O=C1NCC(Br)Oc2cccc(OCc3ccccc3)c21. The van der Waals surface area contributed by atoms with Crippen molar-refractivity contribution in [3.63, 3.8) is 0 Å². The molecule has 5 heteroatoms. The number of amides is 1. The van der Waals surface area contributed by atoms with Gasteiger partial charge in [-0.25, -0.2) is 0 Å². The minimum atomic E-state index is -0.243. The second-order valence-electron chi connectivity index (χ2n) is 4.64. The quantitative estimate of drug-likeness (QED) is 0.867. The van der Waals surface area contributed by atoms with E-state index in [4.69, 9.17) is 9.47 Å². The lowest BCUT2D eigenvalue weighted by Gasteiger charge is -2.13. The summed E-state index contributed by atoms with van der Waals surface area (Å²) in [6.07, 6.45) is 0. The van der Waals surface area contributed by atoms with E-state index in [0.29, 0.717) is 30.2 Å². The van der Waals surface area contributed by atoms with Gasteiger partial charge in [-0.2, -0.15) is 0 Å². The molecule has 1 atom stereocenters. The summed E-state index contributed by atoms with van der Waals surface area (Å²) in [6.45, 7) is 0.813. The van der Waals surface area contributed by atoms with Crippen LogP contribution in [0.1, 0.15) is 15.9 Å². The van der Waals surface area contributed by atoms with E-state index in [1.807, 2.05) is 36.4 Å². The Morgan fingerprint density at radius 3 is 2.81 bits per heavy atom. The molecule has 1 N–H and O–H groups in total. The van der Waals surface area contributed by atoms with Crippen molar-refractivity contribution in [2.24, 2.45) is 0 Å². The Hall–Kier alpha value is -2.01. The molecule has 1 aliphatic rings. The van der Waals surface area contributed by atoms with Gasteiger partial charge in [0.1, 0.15) is 23.7 Å². The smallest absolute Gasteiger partial charge is 0.259 e. The maximum absolute atomic E-state index is 12.2. The molecule has 0 radical (unpaired) electrons. The minimum Gasteiger partial charge on any atom is -0.488 e. The first kappa shape index (κ1) is 13.9. The molecule has 1 heterocycles. The van der Waals surface area contributed by atoms with Crippen molar-refractivity contribution < 1.29 is 14.3 Å². The van der Waals surface area contributed by atoms with Crippen LogP contribution in [0.25, 0.3) is 0 Å². The summed E-state index contributed by atoms with van der Waals surface area (Å²) in [5.74, 6) is 0.864. The number of alkyl halides is 1. The van der Waals surface area contributed by atoms with E-state index in [-0.39, 0.29) is 10.9 Å². The van der Waals surface area contributed by atoms with Crippen molar-refractivity contribution in [3.05, 3.63) is 59.7 Å². The molecule has 108 valence electrons. The maximum Gasteiger partial charge on any atom is 0.259 e. The highest BCUT2D eigenvalue weighted by atomic mass is 79.9. The van der Waals surface area contributed by atoms with Gasteiger partial charge >= 0.3 is 0 Å². The second-order valence-corrected chi connectivity index (χ2v) is 5.66. The molecule has 1 amide bonds. The molecule has 0 aliphatic carbocycles. The molecule has 0 fully saturated rings. The van der Waals surface area contributed by atoms with E-state index in [9.17, 15) is 4.79 Å². The van der Waals surface area contributed by atoms with E-state index in [0.717, 1.165) is 5.56 Å². The number of ether oxygens (including phenoxy) is 2.